The molecule has 1 aliphatic rings. The van der Waals surface area contributed by atoms with E-state index in [9.17, 15) is 0 Å². The second-order valence-corrected chi connectivity index (χ2v) is 5.26. The van der Waals surface area contributed by atoms with Crippen LogP contribution >= 0.6 is 0 Å². The van der Waals surface area contributed by atoms with Crippen LogP contribution in [-0.2, 0) is 11.3 Å². The number of likely N-dealkylation sites (tertiary alicyclic amines) is 1. The van der Waals surface area contributed by atoms with Crippen molar-refractivity contribution in [2.24, 2.45) is 0 Å². The van der Waals surface area contributed by atoms with Crippen molar-refractivity contribution in [1.82, 2.24) is 14.5 Å². The Kier molecular flexibility index (Phi) is 5.66. The molecule has 1 fully saturated rings. The van der Waals surface area contributed by atoms with E-state index in [-0.39, 0.29) is 0 Å². The topological polar surface area (TPSA) is 42.3 Å². The zero-order valence-corrected chi connectivity index (χ0v) is 12.1. The number of aryl methyl sites for hydroxylation is 1. The molecule has 1 aromatic heterocycles. The largest absolute Gasteiger partial charge is 0.385 e. The zero-order valence-electron chi connectivity index (χ0n) is 12.1. The lowest BCUT2D eigenvalue weighted by Crippen LogP contribution is -2.36. The van der Waals surface area contributed by atoms with Crippen molar-refractivity contribution in [3.05, 3.63) is 12.4 Å². The first kappa shape index (κ1) is 14.3. The van der Waals surface area contributed by atoms with Gasteiger partial charge < -0.3 is 14.6 Å². The van der Waals surface area contributed by atoms with E-state index in [1.807, 2.05) is 12.4 Å². The third-order valence-corrected chi connectivity index (χ3v) is 3.78. The summed E-state index contributed by atoms with van der Waals surface area (Å²) < 4.78 is 7.25. The van der Waals surface area contributed by atoms with Crippen molar-refractivity contribution >= 4 is 5.95 Å². The number of hydrogen-bond acceptors (Lipinski definition) is 4. The molecular weight excluding hydrogens is 240 g/mol. The fraction of sp³-hybridized carbons (Fsp3) is 0.786. The van der Waals surface area contributed by atoms with Crippen molar-refractivity contribution in [3.63, 3.8) is 0 Å². The molecule has 5 nitrogen and oxygen atoms in total. The lowest BCUT2D eigenvalue weighted by atomic mass is 10.3. The van der Waals surface area contributed by atoms with E-state index < -0.39 is 0 Å². The summed E-state index contributed by atoms with van der Waals surface area (Å²) in [5, 5.41) is 3.47. The highest BCUT2D eigenvalue weighted by atomic mass is 16.5. The normalized spacial score (nSPS) is 17.8. The summed E-state index contributed by atoms with van der Waals surface area (Å²) >= 11 is 0. The Labute approximate surface area is 116 Å². The number of ether oxygens (including phenoxy) is 1. The molecule has 0 aromatic carbocycles. The fourth-order valence-electron chi connectivity index (χ4n) is 2.59. The van der Waals surface area contributed by atoms with Gasteiger partial charge in [0.15, 0.2) is 0 Å². The minimum absolute atomic E-state index is 0.576. The van der Waals surface area contributed by atoms with E-state index in [1.165, 1.54) is 25.9 Å². The van der Waals surface area contributed by atoms with Crippen LogP contribution in [0.3, 0.4) is 0 Å². The summed E-state index contributed by atoms with van der Waals surface area (Å²) in [5.74, 6) is 0.974. The second kappa shape index (κ2) is 7.50. The maximum atomic E-state index is 5.08. The number of nitrogens with one attached hydrogen (secondary N) is 1. The minimum atomic E-state index is 0.576. The van der Waals surface area contributed by atoms with Crippen LogP contribution in [0.5, 0.6) is 0 Å². The fourth-order valence-corrected chi connectivity index (χ4v) is 2.59. The van der Waals surface area contributed by atoms with Crippen molar-refractivity contribution in [2.45, 2.75) is 38.8 Å². The molecule has 1 aliphatic heterocycles. The van der Waals surface area contributed by atoms with Gasteiger partial charge in [-0.3, -0.25) is 4.90 Å². The number of imidazole rings is 1. The van der Waals surface area contributed by atoms with Crippen molar-refractivity contribution in [3.8, 4) is 0 Å². The van der Waals surface area contributed by atoms with Gasteiger partial charge in [-0.2, -0.15) is 0 Å². The van der Waals surface area contributed by atoms with Gasteiger partial charge in [-0.1, -0.05) is 0 Å². The standard InChI is InChI=1S/C14H26N4O/c1-13(17-7-3-4-8-17)12-16-14-15-6-10-18(14)9-5-11-19-2/h6,10,13H,3-5,7-9,11-12H2,1-2H3,(H,15,16). The Morgan fingerprint density at radius 3 is 2.95 bits per heavy atom. The van der Waals surface area contributed by atoms with E-state index >= 15 is 0 Å². The van der Waals surface area contributed by atoms with Gasteiger partial charge in [-0.15, -0.1) is 0 Å². The summed E-state index contributed by atoms with van der Waals surface area (Å²) in [7, 11) is 1.74. The number of anilines is 1. The molecule has 0 spiro atoms. The summed E-state index contributed by atoms with van der Waals surface area (Å²) in [5.41, 5.74) is 0. The lowest BCUT2D eigenvalue weighted by Gasteiger charge is -2.24. The van der Waals surface area contributed by atoms with Crippen molar-refractivity contribution in [2.75, 3.05) is 38.7 Å². The monoisotopic (exact) mass is 266 g/mol. The smallest absolute Gasteiger partial charge is 0.202 e. The van der Waals surface area contributed by atoms with Gasteiger partial charge in [0.1, 0.15) is 0 Å². The molecule has 1 N–H and O–H groups in total. The summed E-state index contributed by atoms with van der Waals surface area (Å²) in [4.78, 5) is 6.93. The van der Waals surface area contributed by atoms with Gasteiger partial charge >= 0.3 is 0 Å². The zero-order chi connectivity index (χ0) is 13.5. The molecule has 2 heterocycles. The summed E-state index contributed by atoms with van der Waals surface area (Å²) in [6, 6.07) is 0.576. The molecule has 0 aliphatic carbocycles. The summed E-state index contributed by atoms with van der Waals surface area (Å²) in [6.45, 7) is 7.48. The highest BCUT2D eigenvalue weighted by molar-refractivity contribution is 5.26. The third-order valence-electron chi connectivity index (χ3n) is 3.78. The quantitative estimate of drug-likeness (QED) is 0.729. The molecule has 0 radical (unpaired) electrons. The van der Waals surface area contributed by atoms with E-state index in [0.717, 1.165) is 32.1 Å². The van der Waals surface area contributed by atoms with Gasteiger partial charge in [0, 0.05) is 45.2 Å². The number of methoxy groups -OCH3 is 1. The number of aromatic nitrogens is 2. The Balaban J connectivity index is 1.77. The van der Waals surface area contributed by atoms with Crippen molar-refractivity contribution in [1.29, 1.82) is 0 Å². The van der Waals surface area contributed by atoms with E-state index in [2.05, 4.69) is 26.7 Å². The van der Waals surface area contributed by atoms with Crippen LogP contribution in [0.1, 0.15) is 26.2 Å². The van der Waals surface area contributed by atoms with Crippen LogP contribution in [0.4, 0.5) is 5.95 Å². The van der Waals surface area contributed by atoms with Crippen LogP contribution in [0.25, 0.3) is 0 Å². The number of hydrogen-bond donors (Lipinski definition) is 1. The van der Waals surface area contributed by atoms with Gasteiger partial charge in [0.2, 0.25) is 5.95 Å². The Morgan fingerprint density at radius 2 is 2.21 bits per heavy atom. The van der Waals surface area contributed by atoms with E-state index in [1.54, 1.807) is 7.11 Å². The van der Waals surface area contributed by atoms with Crippen molar-refractivity contribution < 1.29 is 4.74 Å². The van der Waals surface area contributed by atoms with Crippen LogP contribution in [-0.4, -0.2) is 53.8 Å². The van der Waals surface area contributed by atoms with E-state index in [4.69, 9.17) is 4.74 Å². The first-order valence-corrected chi connectivity index (χ1v) is 7.29. The average Bonchev–Trinajstić information content (AvgIpc) is 3.08. The molecule has 1 saturated heterocycles. The maximum Gasteiger partial charge on any atom is 0.202 e. The third kappa shape index (κ3) is 4.21. The predicted molar refractivity (Wildman–Crippen MR) is 77.5 cm³/mol. The molecule has 1 aromatic rings. The Morgan fingerprint density at radius 1 is 1.42 bits per heavy atom. The highest BCUT2D eigenvalue weighted by Crippen LogP contribution is 2.12. The van der Waals surface area contributed by atoms with Gasteiger partial charge in [-0.25, -0.2) is 4.98 Å². The van der Waals surface area contributed by atoms with Gasteiger partial charge in [0.25, 0.3) is 0 Å². The number of rotatable bonds is 8. The molecule has 5 heteroatoms. The first-order valence-electron chi connectivity index (χ1n) is 7.29. The second-order valence-electron chi connectivity index (χ2n) is 5.26. The molecule has 19 heavy (non-hydrogen) atoms. The van der Waals surface area contributed by atoms with Gasteiger partial charge in [0.05, 0.1) is 0 Å². The molecule has 108 valence electrons. The van der Waals surface area contributed by atoms with Crippen LogP contribution in [0.2, 0.25) is 0 Å². The average molecular weight is 266 g/mol. The minimum Gasteiger partial charge on any atom is -0.385 e. The van der Waals surface area contributed by atoms with Gasteiger partial charge in [-0.05, 0) is 39.3 Å². The predicted octanol–water partition coefficient (Wildman–Crippen LogP) is 1.82. The first-order chi connectivity index (χ1) is 9.31. The molecular formula is C14H26N4O. The van der Waals surface area contributed by atoms with Crippen LogP contribution in [0, 0.1) is 0 Å². The number of nitrogens with zero attached hydrogens (tertiary/aromatic N) is 3. The lowest BCUT2D eigenvalue weighted by molar-refractivity contribution is 0.190. The highest BCUT2D eigenvalue weighted by Gasteiger charge is 2.17. The maximum absolute atomic E-state index is 5.08. The van der Waals surface area contributed by atoms with Crippen LogP contribution in [0.15, 0.2) is 12.4 Å². The summed E-state index contributed by atoms with van der Waals surface area (Å²) in [6.07, 6.45) is 7.59. The molecule has 2 rings (SSSR count). The molecule has 1 unspecified atom stereocenters. The molecule has 0 bridgehead atoms. The molecule has 0 amide bonds. The molecule has 1 atom stereocenters. The van der Waals surface area contributed by atoms with E-state index in [0.29, 0.717) is 6.04 Å². The van der Waals surface area contributed by atoms with Crippen LogP contribution < -0.4 is 5.32 Å². The Hall–Kier alpha value is -1.07. The molecule has 0 saturated carbocycles. The SMILES string of the molecule is COCCCn1ccnc1NCC(C)N1CCCC1. The Bertz CT molecular complexity index is 360.